The lowest BCUT2D eigenvalue weighted by molar-refractivity contribution is 0.268. The lowest BCUT2D eigenvalue weighted by Gasteiger charge is -1.93. The summed E-state index contributed by atoms with van der Waals surface area (Å²) in [7, 11) is 0. The minimum absolute atomic E-state index is 0.107. The maximum absolute atomic E-state index is 8.50. The highest BCUT2D eigenvalue weighted by atomic mass is 32.2. The highest BCUT2D eigenvalue weighted by Crippen LogP contribution is 2.05. The monoisotopic (exact) mass is 159 g/mol. The third-order valence-corrected chi connectivity index (χ3v) is 1.53. The summed E-state index contributed by atoms with van der Waals surface area (Å²) in [6.45, 7) is 0.636. The van der Waals surface area contributed by atoms with Crippen LogP contribution in [0.25, 0.3) is 0 Å². The van der Waals surface area contributed by atoms with Gasteiger partial charge in [0, 0.05) is 6.20 Å². The smallest absolute Gasteiger partial charge is 0.133 e. The van der Waals surface area contributed by atoms with Crippen molar-refractivity contribution in [2.75, 3.05) is 6.61 Å². The van der Waals surface area contributed by atoms with Crippen molar-refractivity contribution in [3.8, 4) is 0 Å². The van der Waals surface area contributed by atoms with Crippen molar-refractivity contribution in [3.05, 3.63) is 12.3 Å². The first-order valence-electron chi connectivity index (χ1n) is 2.88. The molecule has 4 nitrogen and oxygen atoms in total. The summed E-state index contributed by atoms with van der Waals surface area (Å²) < 4.78 is 1.65. The Labute approximate surface area is 63.2 Å². The second kappa shape index (κ2) is 3.60. The lowest BCUT2D eigenvalue weighted by Crippen LogP contribution is -2.02. The van der Waals surface area contributed by atoms with Crippen LogP contribution in [0.1, 0.15) is 0 Å². The zero-order valence-electron chi connectivity index (χ0n) is 5.40. The van der Waals surface area contributed by atoms with Gasteiger partial charge in [-0.05, 0) is 18.0 Å². The summed E-state index contributed by atoms with van der Waals surface area (Å²) in [5.74, 6) is 0. The molecule has 1 heterocycles. The van der Waals surface area contributed by atoms with Crippen LogP contribution < -0.4 is 5.14 Å². The fourth-order valence-corrected chi connectivity index (χ4v) is 0.924. The van der Waals surface area contributed by atoms with Gasteiger partial charge in [0.15, 0.2) is 0 Å². The van der Waals surface area contributed by atoms with E-state index in [9.17, 15) is 0 Å². The summed E-state index contributed by atoms with van der Waals surface area (Å²) in [5, 5.41) is 18.5. The van der Waals surface area contributed by atoms with Crippen LogP contribution in [-0.2, 0) is 6.54 Å². The molecule has 0 aromatic carbocycles. The van der Waals surface area contributed by atoms with Crippen LogP contribution in [0.4, 0.5) is 0 Å². The van der Waals surface area contributed by atoms with Gasteiger partial charge in [-0.2, -0.15) is 5.10 Å². The Hall–Kier alpha value is -0.520. The van der Waals surface area contributed by atoms with Crippen molar-refractivity contribution in [2.45, 2.75) is 11.6 Å². The van der Waals surface area contributed by atoms with E-state index in [1.54, 1.807) is 16.9 Å². The average Bonchev–Trinajstić information content (AvgIpc) is 2.37. The molecule has 0 aliphatic rings. The number of rotatable bonds is 3. The molecule has 3 N–H and O–H groups in total. The molecule has 0 saturated heterocycles. The van der Waals surface area contributed by atoms with Crippen LogP contribution in [-0.4, -0.2) is 21.5 Å². The number of aliphatic hydroxyl groups excluding tert-OH is 1. The summed E-state index contributed by atoms with van der Waals surface area (Å²) in [6, 6.07) is 1.81. The molecular formula is C5H9N3OS. The van der Waals surface area contributed by atoms with Crippen LogP contribution in [0.5, 0.6) is 0 Å². The molecule has 56 valence electrons. The summed E-state index contributed by atoms with van der Waals surface area (Å²) >= 11 is 1.10. The quantitative estimate of drug-likeness (QED) is 0.601. The van der Waals surface area contributed by atoms with E-state index in [0.29, 0.717) is 6.54 Å². The summed E-state index contributed by atoms with van der Waals surface area (Å²) in [5.41, 5.74) is 0. The van der Waals surface area contributed by atoms with Crippen LogP contribution in [0.15, 0.2) is 17.3 Å². The standard InChI is InChI=1S/C5H9N3OS/c6-10-5-1-2-8(7-5)3-4-9/h1-2,9H,3-4,6H2. The van der Waals surface area contributed by atoms with Crippen LogP contribution in [0.2, 0.25) is 0 Å². The molecule has 10 heavy (non-hydrogen) atoms. The molecular weight excluding hydrogens is 150 g/mol. The van der Waals surface area contributed by atoms with Gasteiger partial charge in [0.05, 0.1) is 13.2 Å². The predicted octanol–water partition coefficient (Wildman–Crippen LogP) is -0.159. The van der Waals surface area contributed by atoms with Crippen molar-refractivity contribution >= 4 is 11.9 Å². The minimum atomic E-state index is 0.107. The maximum Gasteiger partial charge on any atom is 0.133 e. The van der Waals surface area contributed by atoms with E-state index in [1.165, 1.54) is 0 Å². The fourth-order valence-electron chi connectivity index (χ4n) is 0.633. The van der Waals surface area contributed by atoms with Gasteiger partial charge in [0.1, 0.15) is 5.03 Å². The molecule has 0 unspecified atom stereocenters. The van der Waals surface area contributed by atoms with Crippen molar-refractivity contribution < 1.29 is 5.11 Å². The predicted molar refractivity (Wildman–Crippen MR) is 39.4 cm³/mol. The number of nitrogens with two attached hydrogens (primary N) is 1. The molecule has 0 aliphatic carbocycles. The minimum Gasteiger partial charge on any atom is -0.394 e. The first-order chi connectivity index (χ1) is 4.86. The van der Waals surface area contributed by atoms with Gasteiger partial charge in [-0.1, -0.05) is 0 Å². The Kier molecular flexibility index (Phi) is 2.73. The van der Waals surface area contributed by atoms with Gasteiger partial charge in [-0.15, -0.1) is 0 Å². The van der Waals surface area contributed by atoms with Crippen molar-refractivity contribution in [1.29, 1.82) is 0 Å². The number of aromatic nitrogens is 2. The van der Waals surface area contributed by atoms with Crippen molar-refractivity contribution in [2.24, 2.45) is 5.14 Å². The fraction of sp³-hybridized carbons (Fsp3) is 0.400. The molecule has 0 spiro atoms. The lowest BCUT2D eigenvalue weighted by atomic mass is 10.7. The molecule has 0 atom stereocenters. The van der Waals surface area contributed by atoms with Gasteiger partial charge >= 0.3 is 0 Å². The van der Waals surface area contributed by atoms with E-state index >= 15 is 0 Å². The maximum atomic E-state index is 8.50. The first-order valence-corrected chi connectivity index (χ1v) is 3.76. The molecule has 0 fully saturated rings. The van der Waals surface area contributed by atoms with E-state index in [1.807, 2.05) is 0 Å². The number of nitrogens with zero attached hydrogens (tertiary/aromatic N) is 2. The average molecular weight is 159 g/mol. The second-order valence-electron chi connectivity index (χ2n) is 1.76. The Morgan fingerprint density at radius 2 is 2.60 bits per heavy atom. The first kappa shape index (κ1) is 7.59. The van der Waals surface area contributed by atoms with E-state index < -0.39 is 0 Å². The zero-order valence-corrected chi connectivity index (χ0v) is 6.21. The summed E-state index contributed by atoms with van der Waals surface area (Å²) in [4.78, 5) is 0. The Morgan fingerprint density at radius 1 is 1.80 bits per heavy atom. The van der Waals surface area contributed by atoms with Gasteiger partial charge in [-0.25, -0.2) is 0 Å². The van der Waals surface area contributed by atoms with Crippen molar-refractivity contribution in [3.63, 3.8) is 0 Å². The van der Waals surface area contributed by atoms with Gasteiger partial charge in [0.25, 0.3) is 0 Å². The number of hydrogen-bond donors (Lipinski definition) is 2. The van der Waals surface area contributed by atoms with Crippen molar-refractivity contribution in [1.82, 2.24) is 9.78 Å². The molecule has 0 aliphatic heterocycles. The van der Waals surface area contributed by atoms with E-state index in [-0.39, 0.29) is 6.61 Å². The van der Waals surface area contributed by atoms with Crippen LogP contribution in [0, 0.1) is 0 Å². The highest BCUT2D eigenvalue weighted by Gasteiger charge is 1.94. The number of aliphatic hydroxyl groups is 1. The SMILES string of the molecule is NSc1ccn(CCO)n1. The Morgan fingerprint density at radius 3 is 3.10 bits per heavy atom. The van der Waals surface area contributed by atoms with E-state index in [2.05, 4.69) is 5.10 Å². The van der Waals surface area contributed by atoms with E-state index in [0.717, 1.165) is 17.0 Å². The largest absolute Gasteiger partial charge is 0.394 e. The molecule has 5 heteroatoms. The third kappa shape index (κ3) is 1.73. The molecule has 1 aromatic rings. The Balaban J connectivity index is 2.59. The highest BCUT2D eigenvalue weighted by molar-refractivity contribution is 7.97. The topological polar surface area (TPSA) is 64.1 Å². The summed E-state index contributed by atoms with van der Waals surface area (Å²) in [6.07, 6.45) is 1.78. The van der Waals surface area contributed by atoms with Gasteiger partial charge in [-0.3, -0.25) is 9.82 Å². The molecule has 0 saturated carbocycles. The normalized spacial score (nSPS) is 10.2. The Bertz CT molecular complexity index is 201. The van der Waals surface area contributed by atoms with Gasteiger partial charge in [0.2, 0.25) is 0 Å². The second-order valence-corrected chi connectivity index (χ2v) is 2.41. The number of hydrogen-bond acceptors (Lipinski definition) is 4. The van der Waals surface area contributed by atoms with Crippen LogP contribution >= 0.6 is 11.9 Å². The van der Waals surface area contributed by atoms with Gasteiger partial charge < -0.3 is 5.11 Å². The van der Waals surface area contributed by atoms with E-state index in [4.69, 9.17) is 10.2 Å². The molecule has 1 aromatic heterocycles. The molecule has 0 amide bonds. The molecule has 0 radical (unpaired) electrons. The van der Waals surface area contributed by atoms with Crippen LogP contribution in [0.3, 0.4) is 0 Å². The molecule has 0 bridgehead atoms. The molecule has 1 rings (SSSR count). The third-order valence-electron chi connectivity index (χ3n) is 1.07. The zero-order chi connectivity index (χ0) is 7.40.